The summed E-state index contributed by atoms with van der Waals surface area (Å²) in [5, 5.41) is 8.62. The van der Waals surface area contributed by atoms with Crippen LogP contribution in [0.4, 0.5) is 0 Å². The van der Waals surface area contributed by atoms with E-state index in [4.69, 9.17) is 10.8 Å². The third-order valence-corrected chi connectivity index (χ3v) is 4.05. The van der Waals surface area contributed by atoms with Gasteiger partial charge in [-0.05, 0) is 25.0 Å². The minimum absolute atomic E-state index is 0.172. The zero-order chi connectivity index (χ0) is 13.4. The fourth-order valence-corrected chi connectivity index (χ4v) is 2.83. The molecule has 0 spiro atoms. The largest absolute Gasteiger partial charge is 0.480 e. The first-order valence-corrected chi connectivity index (χ1v) is 7.60. The highest BCUT2D eigenvalue weighted by atomic mass is 32.2. The molecule has 1 amide bonds. The quantitative estimate of drug-likeness (QED) is 0.704. The van der Waals surface area contributed by atoms with Crippen molar-refractivity contribution in [3.63, 3.8) is 0 Å². The van der Waals surface area contributed by atoms with Gasteiger partial charge in [-0.15, -0.1) is 0 Å². The second kappa shape index (κ2) is 8.37. The normalized spacial score (nSPS) is 18.2. The van der Waals surface area contributed by atoms with Crippen LogP contribution in [0.15, 0.2) is 0 Å². The number of carbonyl (C=O) groups is 2. The molecule has 1 heterocycles. The van der Waals surface area contributed by atoms with Crippen molar-refractivity contribution in [2.75, 3.05) is 24.6 Å². The lowest BCUT2D eigenvalue weighted by Crippen LogP contribution is -2.33. The van der Waals surface area contributed by atoms with Gasteiger partial charge in [-0.1, -0.05) is 12.8 Å². The Morgan fingerprint density at radius 2 is 1.83 bits per heavy atom. The molecule has 0 saturated carbocycles. The Hall–Kier alpha value is -0.750. The van der Waals surface area contributed by atoms with Gasteiger partial charge in [-0.3, -0.25) is 9.59 Å². The molecule has 1 fully saturated rings. The molecule has 5 nitrogen and oxygen atoms in total. The lowest BCUT2D eigenvalue weighted by Gasteiger charge is -2.20. The minimum atomic E-state index is -0.977. The zero-order valence-electron chi connectivity index (χ0n) is 10.6. The van der Waals surface area contributed by atoms with Crippen LogP contribution in [-0.2, 0) is 9.59 Å². The third-order valence-electron chi connectivity index (χ3n) is 3.07. The van der Waals surface area contributed by atoms with Gasteiger partial charge in [0, 0.05) is 13.1 Å². The van der Waals surface area contributed by atoms with Crippen molar-refractivity contribution >= 4 is 23.6 Å². The van der Waals surface area contributed by atoms with E-state index < -0.39 is 12.0 Å². The van der Waals surface area contributed by atoms with Crippen molar-refractivity contribution in [1.29, 1.82) is 0 Å². The number of nitrogens with two attached hydrogens (primary N) is 1. The SMILES string of the molecule is NC(CCSCC(=O)N1CCCCCC1)C(=O)O. The van der Waals surface area contributed by atoms with Crippen molar-refractivity contribution in [1.82, 2.24) is 4.90 Å². The summed E-state index contributed by atoms with van der Waals surface area (Å²) in [6.07, 6.45) is 5.03. The molecule has 6 heteroatoms. The van der Waals surface area contributed by atoms with E-state index in [2.05, 4.69) is 0 Å². The Labute approximate surface area is 112 Å². The number of rotatable bonds is 6. The summed E-state index contributed by atoms with van der Waals surface area (Å²) in [6, 6.07) is -0.814. The summed E-state index contributed by atoms with van der Waals surface area (Å²) in [5.74, 6) is 0.250. The van der Waals surface area contributed by atoms with Gasteiger partial charge < -0.3 is 15.7 Å². The molecule has 0 radical (unpaired) electrons. The molecule has 1 unspecified atom stereocenters. The molecular formula is C12H22N2O3S. The van der Waals surface area contributed by atoms with E-state index in [9.17, 15) is 9.59 Å². The van der Waals surface area contributed by atoms with Crippen LogP contribution in [0.2, 0.25) is 0 Å². The maximum absolute atomic E-state index is 11.9. The Balaban J connectivity index is 2.14. The highest BCUT2D eigenvalue weighted by molar-refractivity contribution is 7.99. The Morgan fingerprint density at radius 3 is 2.39 bits per heavy atom. The van der Waals surface area contributed by atoms with Crippen LogP contribution in [0.3, 0.4) is 0 Å². The van der Waals surface area contributed by atoms with Crippen LogP contribution < -0.4 is 5.73 Å². The molecule has 1 aliphatic rings. The summed E-state index contributed by atoms with van der Waals surface area (Å²) < 4.78 is 0. The molecule has 0 aromatic heterocycles. The van der Waals surface area contributed by atoms with Crippen LogP contribution in [0.25, 0.3) is 0 Å². The van der Waals surface area contributed by atoms with Gasteiger partial charge in [-0.25, -0.2) is 0 Å². The number of nitrogens with zero attached hydrogens (tertiary/aromatic N) is 1. The molecule has 0 aromatic rings. The smallest absolute Gasteiger partial charge is 0.320 e. The van der Waals surface area contributed by atoms with Gasteiger partial charge >= 0.3 is 5.97 Å². The minimum Gasteiger partial charge on any atom is -0.480 e. The maximum atomic E-state index is 11.9. The molecule has 1 aliphatic heterocycles. The molecule has 104 valence electrons. The number of carboxylic acids is 1. The van der Waals surface area contributed by atoms with E-state index in [1.165, 1.54) is 24.6 Å². The van der Waals surface area contributed by atoms with Crippen LogP contribution in [0.5, 0.6) is 0 Å². The number of thioether (sulfide) groups is 1. The topological polar surface area (TPSA) is 83.6 Å². The Morgan fingerprint density at radius 1 is 1.22 bits per heavy atom. The van der Waals surface area contributed by atoms with Crippen molar-refractivity contribution in [3.8, 4) is 0 Å². The molecular weight excluding hydrogens is 252 g/mol. The highest BCUT2D eigenvalue weighted by Gasteiger charge is 2.16. The van der Waals surface area contributed by atoms with E-state index >= 15 is 0 Å². The van der Waals surface area contributed by atoms with Crippen molar-refractivity contribution in [2.45, 2.75) is 38.1 Å². The second-order valence-corrected chi connectivity index (χ2v) is 5.69. The van der Waals surface area contributed by atoms with Gasteiger partial charge in [0.1, 0.15) is 6.04 Å². The highest BCUT2D eigenvalue weighted by Crippen LogP contribution is 2.12. The molecule has 0 aliphatic carbocycles. The number of likely N-dealkylation sites (tertiary alicyclic amines) is 1. The average Bonchev–Trinajstić information content (AvgIpc) is 2.62. The average molecular weight is 274 g/mol. The number of aliphatic carboxylic acids is 1. The number of hydrogen-bond donors (Lipinski definition) is 2. The molecule has 3 N–H and O–H groups in total. The molecule has 18 heavy (non-hydrogen) atoms. The van der Waals surface area contributed by atoms with Gasteiger partial charge in [-0.2, -0.15) is 11.8 Å². The summed E-state index contributed by atoms with van der Waals surface area (Å²) in [7, 11) is 0. The molecule has 0 aromatic carbocycles. The molecule has 0 bridgehead atoms. The van der Waals surface area contributed by atoms with Crippen molar-refractivity contribution in [2.24, 2.45) is 5.73 Å². The predicted octanol–water partition coefficient (Wildman–Crippen LogP) is 0.924. The van der Waals surface area contributed by atoms with Crippen LogP contribution >= 0.6 is 11.8 Å². The predicted molar refractivity (Wildman–Crippen MR) is 72.6 cm³/mol. The van der Waals surface area contributed by atoms with Crippen LogP contribution in [0.1, 0.15) is 32.1 Å². The maximum Gasteiger partial charge on any atom is 0.320 e. The summed E-state index contributed by atoms with van der Waals surface area (Å²) in [5.41, 5.74) is 5.39. The monoisotopic (exact) mass is 274 g/mol. The first-order chi connectivity index (χ1) is 8.61. The first kappa shape index (κ1) is 15.3. The fourth-order valence-electron chi connectivity index (χ4n) is 1.90. The van der Waals surface area contributed by atoms with Crippen molar-refractivity contribution < 1.29 is 14.7 Å². The van der Waals surface area contributed by atoms with Gasteiger partial charge in [0.25, 0.3) is 0 Å². The Kier molecular flexibility index (Phi) is 7.12. The van der Waals surface area contributed by atoms with Gasteiger partial charge in [0.15, 0.2) is 0 Å². The van der Waals surface area contributed by atoms with Gasteiger partial charge in [0.05, 0.1) is 5.75 Å². The van der Waals surface area contributed by atoms with E-state index in [-0.39, 0.29) is 5.91 Å². The van der Waals surface area contributed by atoms with E-state index in [1.54, 1.807) is 0 Å². The summed E-state index contributed by atoms with van der Waals surface area (Å²) in [4.78, 5) is 24.3. The number of hydrogen-bond acceptors (Lipinski definition) is 4. The zero-order valence-corrected chi connectivity index (χ0v) is 11.5. The third kappa shape index (κ3) is 5.73. The molecule has 1 rings (SSSR count). The second-order valence-electron chi connectivity index (χ2n) is 4.58. The van der Waals surface area contributed by atoms with E-state index in [1.807, 2.05) is 4.90 Å². The summed E-state index contributed by atoms with van der Waals surface area (Å²) in [6.45, 7) is 1.74. The van der Waals surface area contributed by atoms with Crippen LogP contribution in [0, 0.1) is 0 Å². The van der Waals surface area contributed by atoms with E-state index in [0.29, 0.717) is 17.9 Å². The standard InChI is InChI=1S/C12H22N2O3S/c13-10(12(16)17)5-8-18-9-11(15)14-6-3-1-2-4-7-14/h10H,1-9,13H2,(H,16,17). The first-order valence-electron chi connectivity index (χ1n) is 6.45. The summed E-state index contributed by atoms with van der Waals surface area (Å²) >= 11 is 1.47. The van der Waals surface area contributed by atoms with E-state index in [0.717, 1.165) is 25.9 Å². The lowest BCUT2D eigenvalue weighted by atomic mass is 10.2. The molecule has 1 atom stereocenters. The fraction of sp³-hybridized carbons (Fsp3) is 0.833. The van der Waals surface area contributed by atoms with Crippen molar-refractivity contribution in [3.05, 3.63) is 0 Å². The molecule has 1 saturated heterocycles. The van der Waals surface area contributed by atoms with Crippen LogP contribution in [-0.4, -0.2) is 52.5 Å². The number of amides is 1. The lowest BCUT2D eigenvalue weighted by molar-refractivity contribution is -0.138. The number of carbonyl (C=O) groups excluding carboxylic acids is 1. The number of carboxylic acid groups (broad SMARTS) is 1. The Bertz CT molecular complexity index is 278. The van der Waals surface area contributed by atoms with Gasteiger partial charge in [0.2, 0.25) is 5.91 Å².